The number of hydrogen-bond donors (Lipinski definition) is 1. The summed E-state index contributed by atoms with van der Waals surface area (Å²) in [5, 5.41) is 3.63. The lowest BCUT2D eigenvalue weighted by molar-refractivity contribution is 0.234. The fourth-order valence-electron chi connectivity index (χ4n) is 2.55. The third kappa shape index (κ3) is 3.86. The van der Waals surface area contributed by atoms with Gasteiger partial charge < -0.3 is 9.73 Å². The van der Waals surface area contributed by atoms with Crippen LogP contribution in [0.1, 0.15) is 37.7 Å². The summed E-state index contributed by atoms with van der Waals surface area (Å²) in [5.41, 5.74) is 0. The van der Waals surface area contributed by atoms with E-state index in [0.717, 1.165) is 31.2 Å². The Balaban J connectivity index is 1.90. The van der Waals surface area contributed by atoms with Crippen LogP contribution in [0.5, 0.6) is 0 Å². The minimum absolute atomic E-state index is 0.651. The highest BCUT2D eigenvalue weighted by molar-refractivity contribution is 5.05. The molecule has 0 amide bonds. The summed E-state index contributed by atoms with van der Waals surface area (Å²) >= 11 is 0. The van der Waals surface area contributed by atoms with Crippen LogP contribution in [0.3, 0.4) is 0 Å². The summed E-state index contributed by atoms with van der Waals surface area (Å²) in [7, 11) is 0. The number of hydrogen-bond acceptors (Lipinski definition) is 3. The molecular formula is C14H24N2O. The van der Waals surface area contributed by atoms with E-state index < -0.39 is 0 Å². The molecule has 0 spiro atoms. The maximum atomic E-state index is 5.66. The smallest absolute Gasteiger partial charge is 0.118 e. The van der Waals surface area contributed by atoms with E-state index in [1.54, 1.807) is 0 Å². The second kappa shape index (κ2) is 6.22. The fraction of sp³-hybridized carbons (Fsp3) is 0.714. The zero-order chi connectivity index (χ0) is 12.1. The minimum atomic E-state index is 0.651. The standard InChI is InChI=1S/C14H24N2O/c1-3-5-13-10-16(9-4-8-15-13)11-14-7-6-12(2)17-14/h6-7,13,15H,3-5,8-11H2,1-2H3. The van der Waals surface area contributed by atoms with E-state index in [1.807, 2.05) is 6.92 Å². The summed E-state index contributed by atoms with van der Waals surface area (Å²) < 4.78 is 5.66. The monoisotopic (exact) mass is 236 g/mol. The van der Waals surface area contributed by atoms with Gasteiger partial charge in [0.1, 0.15) is 11.5 Å². The molecule has 2 rings (SSSR count). The fourth-order valence-corrected chi connectivity index (χ4v) is 2.55. The average molecular weight is 236 g/mol. The van der Waals surface area contributed by atoms with Crippen LogP contribution in [0.25, 0.3) is 0 Å². The Morgan fingerprint density at radius 3 is 3.06 bits per heavy atom. The first-order valence-electron chi connectivity index (χ1n) is 6.79. The summed E-state index contributed by atoms with van der Waals surface area (Å²) in [5.74, 6) is 2.11. The Morgan fingerprint density at radius 1 is 1.47 bits per heavy atom. The van der Waals surface area contributed by atoms with E-state index >= 15 is 0 Å². The number of furan rings is 1. The summed E-state index contributed by atoms with van der Waals surface area (Å²) in [6.07, 6.45) is 3.76. The van der Waals surface area contributed by atoms with Crippen LogP contribution in [0.2, 0.25) is 0 Å². The molecule has 0 saturated carbocycles. The van der Waals surface area contributed by atoms with Gasteiger partial charge in [0.2, 0.25) is 0 Å². The predicted molar refractivity (Wildman–Crippen MR) is 70.0 cm³/mol. The topological polar surface area (TPSA) is 28.4 Å². The highest BCUT2D eigenvalue weighted by Gasteiger charge is 2.17. The van der Waals surface area contributed by atoms with Crippen molar-refractivity contribution >= 4 is 0 Å². The van der Waals surface area contributed by atoms with Crippen molar-refractivity contribution in [3.8, 4) is 0 Å². The lowest BCUT2D eigenvalue weighted by Crippen LogP contribution is -2.37. The van der Waals surface area contributed by atoms with E-state index in [-0.39, 0.29) is 0 Å². The van der Waals surface area contributed by atoms with Gasteiger partial charge in [0, 0.05) is 12.6 Å². The second-order valence-corrected chi connectivity index (χ2v) is 5.04. The predicted octanol–water partition coefficient (Wildman–Crippen LogP) is 2.55. The lowest BCUT2D eigenvalue weighted by atomic mass is 10.1. The molecule has 1 aliphatic heterocycles. The van der Waals surface area contributed by atoms with Crippen LogP contribution in [0, 0.1) is 6.92 Å². The SMILES string of the molecule is CCCC1CN(Cc2ccc(C)o2)CCCN1. The van der Waals surface area contributed by atoms with Crippen molar-refractivity contribution in [1.29, 1.82) is 0 Å². The van der Waals surface area contributed by atoms with E-state index in [4.69, 9.17) is 4.42 Å². The molecule has 96 valence electrons. The van der Waals surface area contributed by atoms with Crippen molar-refractivity contribution in [2.45, 2.75) is 45.7 Å². The Kier molecular flexibility index (Phi) is 4.63. The van der Waals surface area contributed by atoms with Crippen molar-refractivity contribution in [1.82, 2.24) is 10.2 Å². The van der Waals surface area contributed by atoms with Gasteiger partial charge in [0.25, 0.3) is 0 Å². The lowest BCUT2D eigenvalue weighted by Gasteiger charge is -2.23. The number of nitrogens with one attached hydrogen (secondary N) is 1. The maximum Gasteiger partial charge on any atom is 0.118 e. The van der Waals surface area contributed by atoms with Crippen LogP contribution in [-0.4, -0.2) is 30.6 Å². The molecule has 1 atom stereocenters. The molecule has 0 radical (unpaired) electrons. The normalized spacial score (nSPS) is 22.6. The summed E-state index contributed by atoms with van der Waals surface area (Å²) in [6, 6.07) is 4.80. The van der Waals surface area contributed by atoms with Gasteiger partial charge in [-0.2, -0.15) is 0 Å². The third-order valence-corrected chi connectivity index (χ3v) is 3.38. The van der Waals surface area contributed by atoms with E-state index in [2.05, 4.69) is 29.3 Å². The van der Waals surface area contributed by atoms with Gasteiger partial charge in [-0.05, 0) is 45.0 Å². The first-order chi connectivity index (χ1) is 8.28. The van der Waals surface area contributed by atoms with E-state index in [9.17, 15) is 0 Å². The van der Waals surface area contributed by atoms with Crippen molar-refractivity contribution < 1.29 is 4.42 Å². The average Bonchev–Trinajstić information content (AvgIpc) is 2.58. The molecule has 1 aromatic rings. The van der Waals surface area contributed by atoms with Crippen LogP contribution in [-0.2, 0) is 6.54 Å². The maximum absolute atomic E-state index is 5.66. The molecule has 3 nitrogen and oxygen atoms in total. The van der Waals surface area contributed by atoms with Gasteiger partial charge in [-0.1, -0.05) is 13.3 Å². The van der Waals surface area contributed by atoms with E-state index in [1.165, 1.54) is 25.8 Å². The zero-order valence-corrected chi connectivity index (χ0v) is 11.0. The van der Waals surface area contributed by atoms with Gasteiger partial charge in [-0.15, -0.1) is 0 Å². The third-order valence-electron chi connectivity index (χ3n) is 3.38. The minimum Gasteiger partial charge on any atom is -0.465 e. The first-order valence-corrected chi connectivity index (χ1v) is 6.79. The molecule has 1 aromatic heterocycles. The largest absolute Gasteiger partial charge is 0.465 e. The number of aryl methyl sites for hydroxylation is 1. The van der Waals surface area contributed by atoms with Crippen molar-refractivity contribution in [2.75, 3.05) is 19.6 Å². The zero-order valence-electron chi connectivity index (χ0n) is 11.0. The highest BCUT2D eigenvalue weighted by Crippen LogP contribution is 2.12. The number of nitrogens with zero attached hydrogens (tertiary/aromatic N) is 1. The van der Waals surface area contributed by atoms with Gasteiger partial charge in [0.05, 0.1) is 6.54 Å². The molecule has 17 heavy (non-hydrogen) atoms. The quantitative estimate of drug-likeness (QED) is 0.871. The molecule has 1 unspecified atom stereocenters. The van der Waals surface area contributed by atoms with Gasteiger partial charge in [-0.3, -0.25) is 4.90 Å². The Labute approximate surface area is 104 Å². The molecule has 1 aliphatic rings. The van der Waals surface area contributed by atoms with Crippen LogP contribution < -0.4 is 5.32 Å². The highest BCUT2D eigenvalue weighted by atomic mass is 16.3. The molecular weight excluding hydrogens is 212 g/mol. The van der Waals surface area contributed by atoms with Gasteiger partial charge >= 0.3 is 0 Å². The first kappa shape index (κ1) is 12.7. The van der Waals surface area contributed by atoms with Crippen LogP contribution >= 0.6 is 0 Å². The van der Waals surface area contributed by atoms with Crippen molar-refractivity contribution in [2.24, 2.45) is 0 Å². The molecule has 0 aliphatic carbocycles. The Hall–Kier alpha value is -0.800. The summed E-state index contributed by atoms with van der Waals surface area (Å²) in [6.45, 7) is 8.69. The Morgan fingerprint density at radius 2 is 2.35 bits per heavy atom. The molecule has 0 bridgehead atoms. The van der Waals surface area contributed by atoms with Crippen molar-refractivity contribution in [3.05, 3.63) is 23.7 Å². The Bertz CT molecular complexity index is 335. The van der Waals surface area contributed by atoms with Gasteiger partial charge in [-0.25, -0.2) is 0 Å². The van der Waals surface area contributed by atoms with Crippen LogP contribution in [0.4, 0.5) is 0 Å². The second-order valence-electron chi connectivity index (χ2n) is 5.04. The molecule has 1 saturated heterocycles. The van der Waals surface area contributed by atoms with Crippen molar-refractivity contribution in [3.63, 3.8) is 0 Å². The summed E-state index contributed by atoms with van der Waals surface area (Å²) in [4.78, 5) is 2.51. The molecule has 1 fully saturated rings. The molecule has 3 heteroatoms. The van der Waals surface area contributed by atoms with Gasteiger partial charge in [0.15, 0.2) is 0 Å². The molecule has 2 heterocycles. The van der Waals surface area contributed by atoms with E-state index in [0.29, 0.717) is 6.04 Å². The molecule has 0 aromatic carbocycles. The molecule has 1 N–H and O–H groups in total. The number of rotatable bonds is 4. The van der Waals surface area contributed by atoms with Crippen LogP contribution in [0.15, 0.2) is 16.5 Å².